The maximum Gasteiger partial charge on any atom is 0.416 e. The second-order valence-electron chi connectivity index (χ2n) is 7.13. The summed E-state index contributed by atoms with van der Waals surface area (Å²) in [6, 6.07) is 8.35. The summed E-state index contributed by atoms with van der Waals surface area (Å²) < 4.78 is 40.6. The molecule has 2 aromatic rings. The Balaban J connectivity index is 1.65. The molecule has 28 heavy (non-hydrogen) atoms. The third-order valence-corrected chi connectivity index (χ3v) is 5.13. The van der Waals surface area contributed by atoms with Crippen LogP contribution in [0.5, 0.6) is 0 Å². The van der Waals surface area contributed by atoms with Crippen LogP contribution in [-0.4, -0.2) is 33.7 Å². The third-order valence-electron chi connectivity index (χ3n) is 5.13. The minimum absolute atomic E-state index is 0.131. The summed E-state index contributed by atoms with van der Waals surface area (Å²) in [6.07, 6.45) is -1.79. The SMILES string of the molecule is Cn1nc(C(=O)N2CCC[C@@H](CCc3ccccc3C(F)(F)F)C2)ccc1=O. The van der Waals surface area contributed by atoms with Crippen molar-refractivity contribution >= 4 is 5.91 Å². The van der Waals surface area contributed by atoms with Gasteiger partial charge in [0, 0.05) is 26.2 Å². The van der Waals surface area contributed by atoms with Crippen LogP contribution < -0.4 is 5.56 Å². The highest BCUT2D eigenvalue weighted by molar-refractivity contribution is 5.92. The number of hydrogen-bond donors (Lipinski definition) is 0. The lowest BCUT2D eigenvalue weighted by Gasteiger charge is -2.32. The number of halogens is 3. The molecule has 1 amide bonds. The van der Waals surface area contributed by atoms with Crippen molar-refractivity contribution in [1.29, 1.82) is 0 Å². The number of likely N-dealkylation sites (tertiary alicyclic amines) is 1. The van der Waals surface area contributed by atoms with Crippen molar-refractivity contribution in [2.75, 3.05) is 13.1 Å². The van der Waals surface area contributed by atoms with E-state index in [1.807, 2.05) is 0 Å². The predicted molar refractivity (Wildman–Crippen MR) is 97.9 cm³/mol. The minimum Gasteiger partial charge on any atom is -0.337 e. The number of alkyl halides is 3. The van der Waals surface area contributed by atoms with E-state index in [2.05, 4.69) is 5.10 Å². The van der Waals surface area contributed by atoms with Gasteiger partial charge in [0.2, 0.25) is 0 Å². The maximum absolute atomic E-state index is 13.1. The number of aromatic nitrogens is 2. The van der Waals surface area contributed by atoms with Crippen molar-refractivity contribution in [2.45, 2.75) is 31.9 Å². The Labute approximate surface area is 160 Å². The van der Waals surface area contributed by atoms with Gasteiger partial charge in [-0.3, -0.25) is 9.59 Å². The first kappa shape index (κ1) is 20.1. The Morgan fingerprint density at radius 1 is 1.21 bits per heavy atom. The van der Waals surface area contributed by atoms with Gasteiger partial charge in [-0.1, -0.05) is 18.2 Å². The second-order valence-corrected chi connectivity index (χ2v) is 7.13. The van der Waals surface area contributed by atoms with E-state index >= 15 is 0 Å². The molecule has 5 nitrogen and oxygen atoms in total. The molecular weight excluding hydrogens is 371 g/mol. The van der Waals surface area contributed by atoms with Crippen LogP contribution in [0.4, 0.5) is 13.2 Å². The molecule has 1 aromatic carbocycles. The number of carbonyl (C=O) groups excluding carboxylic acids is 1. The van der Waals surface area contributed by atoms with E-state index in [0.29, 0.717) is 25.9 Å². The summed E-state index contributed by atoms with van der Waals surface area (Å²) in [5.74, 6) is -0.123. The summed E-state index contributed by atoms with van der Waals surface area (Å²) in [7, 11) is 1.48. The number of hydrogen-bond acceptors (Lipinski definition) is 3. The molecule has 0 unspecified atom stereocenters. The molecule has 2 heterocycles. The molecular formula is C20H22F3N3O2. The van der Waals surface area contributed by atoms with Crippen LogP contribution in [0.25, 0.3) is 0 Å². The zero-order chi connectivity index (χ0) is 20.3. The molecule has 0 bridgehead atoms. The largest absolute Gasteiger partial charge is 0.416 e. The second kappa shape index (κ2) is 8.16. The maximum atomic E-state index is 13.1. The van der Waals surface area contributed by atoms with Gasteiger partial charge in [0.05, 0.1) is 5.56 Å². The number of piperidine rings is 1. The van der Waals surface area contributed by atoms with Crippen molar-refractivity contribution in [3.8, 4) is 0 Å². The molecule has 150 valence electrons. The minimum atomic E-state index is -4.36. The highest BCUT2D eigenvalue weighted by Crippen LogP contribution is 2.33. The Morgan fingerprint density at radius 2 is 1.96 bits per heavy atom. The summed E-state index contributed by atoms with van der Waals surface area (Å²) in [4.78, 5) is 25.8. The zero-order valence-electron chi connectivity index (χ0n) is 15.6. The molecule has 1 aromatic heterocycles. The quantitative estimate of drug-likeness (QED) is 0.801. The van der Waals surface area contributed by atoms with E-state index < -0.39 is 11.7 Å². The summed E-state index contributed by atoms with van der Waals surface area (Å²) in [5, 5.41) is 3.99. The fourth-order valence-corrected chi connectivity index (χ4v) is 3.64. The molecule has 1 atom stereocenters. The Kier molecular flexibility index (Phi) is 5.86. The van der Waals surface area contributed by atoms with Crippen molar-refractivity contribution in [3.05, 3.63) is 63.6 Å². The lowest BCUT2D eigenvalue weighted by Crippen LogP contribution is -2.41. The highest BCUT2D eigenvalue weighted by atomic mass is 19.4. The Morgan fingerprint density at radius 3 is 2.68 bits per heavy atom. The first-order valence-corrected chi connectivity index (χ1v) is 9.24. The van der Waals surface area contributed by atoms with Crippen LogP contribution in [-0.2, 0) is 19.6 Å². The smallest absolute Gasteiger partial charge is 0.337 e. The first-order chi connectivity index (χ1) is 13.3. The van der Waals surface area contributed by atoms with E-state index in [1.165, 1.54) is 31.3 Å². The van der Waals surface area contributed by atoms with Crippen molar-refractivity contribution in [3.63, 3.8) is 0 Å². The number of rotatable bonds is 4. The van der Waals surface area contributed by atoms with Gasteiger partial charge in [0.15, 0.2) is 0 Å². The van der Waals surface area contributed by atoms with Gasteiger partial charge in [-0.2, -0.15) is 18.3 Å². The molecule has 0 spiro atoms. The highest BCUT2D eigenvalue weighted by Gasteiger charge is 2.33. The van der Waals surface area contributed by atoms with Gasteiger partial charge < -0.3 is 4.90 Å². The van der Waals surface area contributed by atoms with Gasteiger partial charge in [-0.25, -0.2) is 4.68 Å². The predicted octanol–water partition coefficient (Wildman–Crippen LogP) is 3.28. The topological polar surface area (TPSA) is 55.2 Å². The van der Waals surface area contributed by atoms with Gasteiger partial charge in [0.1, 0.15) is 5.69 Å². The number of aryl methyl sites for hydroxylation is 2. The molecule has 1 aliphatic rings. The number of benzene rings is 1. The lowest BCUT2D eigenvalue weighted by atomic mass is 9.90. The molecule has 1 saturated heterocycles. The van der Waals surface area contributed by atoms with Crippen LogP contribution in [0.15, 0.2) is 41.2 Å². The summed E-state index contributed by atoms with van der Waals surface area (Å²) in [6.45, 7) is 1.07. The number of amides is 1. The van der Waals surface area contributed by atoms with E-state index in [-0.39, 0.29) is 28.6 Å². The monoisotopic (exact) mass is 393 g/mol. The average Bonchev–Trinajstić information content (AvgIpc) is 2.67. The normalized spacial score (nSPS) is 17.6. The molecule has 0 N–H and O–H groups in total. The van der Waals surface area contributed by atoms with Crippen LogP contribution in [0.2, 0.25) is 0 Å². The zero-order valence-corrected chi connectivity index (χ0v) is 15.6. The van der Waals surface area contributed by atoms with E-state index in [1.54, 1.807) is 11.0 Å². The molecule has 1 fully saturated rings. The van der Waals surface area contributed by atoms with E-state index in [4.69, 9.17) is 0 Å². The lowest BCUT2D eigenvalue weighted by molar-refractivity contribution is -0.138. The summed E-state index contributed by atoms with van der Waals surface area (Å²) in [5.41, 5.74) is -0.395. The Bertz CT molecular complexity index is 908. The molecule has 8 heteroatoms. The van der Waals surface area contributed by atoms with E-state index in [9.17, 15) is 22.8 Å². The molecule has 3 rings (SSSR count). The molecule has 0 radical (unpaired) electrons. The first-order valence-electron chi connectivity index (χ1n) is 9.24. The van der Waals surface area contributed by atoms with Gasteiger partial charge in [-0.15, -0.1) is 0 Å². The molecule has 0 aliphatic carbocycles. The van der Waals surface area contributed by atoms with Crippen molar-refractivity contribution in [1.82, 2.24) is 14.7 Å². The average molecular weight is 393 g/mol. The van der Waals surface area contributed by atoms with Gasteiger partial charge in [-0.05, 0) is 49.3 Å². The van der Waals surface area contributed by atoms with Crippen molar-refractivity contribution in [2.24, 2.45) is 13.0 Å². The van der Waals surface area contributed by atoms with Gasteiger partial charge in [0.25, 0.3) is 11.5 Å². The fourth-order valence-electron chi connectivity index (χ4n) is 3.64. The number of carbonyl (C=O) groups is 1. The Hall–Kier alpha value is -2.64. The van der Waals surface area contributed by atoms with Crippen LogP contribution in [0.3, 0.4) is 0 Å². The standard InChI is InChI=1S/C20H22F3N3O2/c1-25-18(27)11-10-17(24-25)19(28)26-12-4-5-14(13-26)8-9-15-6-2-3-7-16(15)20(21,22)23/h2-3,6-7,10-11,14H,4-5,8-9,12-13H2,1H3/t14-/m0/s1. The van der Waals surface area contributed by atoms with Gasteiger partial charge >= 0.3 is 6.18 Å². The van der Waals surface area contributed by atoms with E-state index in [0.717, 1.165) is 23.6 Å². The van der Waals surface area contributed by atoms with Crippen LogP contribution in [0, 0.1) is 5.92 Å². The third kappa shape index (κ3) is 4.61. The van der Waals surface area contributed by atoms with Crippen molar-refractivity contribution < 1.29 is 18.0 Å². The molecule has 0 saturated carbocycles. The van der Waals surface area contributed by atoms with Crippen LogP contribution in [0.1, 0.15) is 40.9 Å². The number of nitrogens with zero attached hydrogens (tertiary/aromatic N) is 3. The summed E-state index contributed by atoms with van der Waals surface area (Å²) >= 11 is 0. The van der Waals surface area contributed by atoms with Crippen LogP contribution >= 0.6 is 0 Å². The fraction of sp³-hybridized carbons (Fsp3) is 0.450. The molecule has 1 aliphatic heterocycles.